The highest BCUT2D eigenvalue weighted by Crippen LogP contribution is 2.40. The molecule has 3 aromatic carbocycles. The van der Waals surface area contributed by atoms with Crippen LogP contribution in [0.2, 0.25) is 5.02 Å². The molecule has 2 aromatic heterocycles. The third-order valence-electron chi connectivity index (χ3n) is 6.30. The van der Waals surface area contributed by atoms with Gasteiger partial charge in [0.15, 0.2) is 5.82 Å². The minimum absolute atomic E-state index is 0.0999. The molecule has 36 heavy (non-hydrogen) atoms. The van der Waals surface area contributed by atoms with E-state index in [9.17, 15) is 4.79 Å². The summed E-state index contributed by atoms with van der Waals surface area (Å²) in [5.74, 6) is 1.38. The van der Waals surface area contributed by atoms with Crippen LogP contribution >= 0.6 is 11.6 Å². The van der Waals surface area contributed by atoms with Gasteiger partial charge in [-0.2, -0.15) is 0 Å². The average molecular weight is 492 g/mol. The topological polar surface area (TPSA) is 71.0 Å². The van der Waals surface area contributed by atoms with Gasteiger partial charge < -0.3 is 10.2 Å². The molecule has 6 nitrogen and oxygen atoms in total. The molecule has 0 saturated carbocycles. The molecule has 0 atom stereocenters. The molecule has 0 radical (unpaired) electrons. The van der Waals surface area contributed by atoms with E-state index in [1.165, 1.54) is 12.5 Å². The lowest BCUT2D eigenvalue weighted by Gasteiger charge is -2.21. The number of benzene rings is 3. The lowest BCUT2D eigenvalue weighted by atomic mass is 10.0. The fourth-order valence-electron chi connectivity index (χ4n) is 4.69. The van der Waals surface area contributed by atoms with Crippen molar-refractivity contribution in [2.24, 2.45) is 0 Å². The number of fused-ring (bicyclic) bond motifs is 2. The second-order valence-corrected chi connectivity index (χ2v) is 9.22. The van der Waals surface area contributed by atoms with Crippen LogP contribution in [0.15, 0.2) is 85.2 Å². The molecule has 1 aliphatic rings. The summed E-state index contributed by atoms with van der Waals surface area (Å²) in [6, 6.07) is 23.9. The Labute approximate surface area is 213 Å². The molecule has 0 saturated heterocycles. The van der Waals surface area contributed by atoms with E-state index >= 15 is 0 Å². The van der Waals surface area contributed by atoms with Crippen LogP contribution in [0.5, 0.6) is 0 Å². The van der Waals surface area contributed by atoms with Crippen LogP contribution < -0.4 is 10.2 Å². The Kier molecular flexibility index (Phi) is 5.58. The Morgan fingerprint density at radius 2 is 1.81 bits per heavy atom. The monoisotopic (exact) mass is 491 g/mol. The Balaban J connectivity index is 1.53. The molecule has 7 heteroatoms. The van der Waals surface area contributed by atoms with Crippen molar-refractivity contribution in [1.82, 2.24) is 15.0 Å². The zero-order valence-electron chi connectivity index (χ0n) is 19.6. The van der Waals surface area contributed by atoms with Gasteiger partial charge in [0.2, 0.25) is 5.91 Å². The summed E-state index contributed by atoms with van der Waals surface area (Å²) < 4.78 is 0. The molecule has 3 heterocycles. The van der Waals surface area contributed by atoms with E-state index in [-0.39, 0.29) is 5.91 Å². The number of halogens is 1. The number of hydrogen-bond acceptors (Lipinski definition) is 5. The largest absolute Gasteiger partial charge is 0.326 e. The van der Waals surface area contributed by atoms with Gasteiger partial charge in [-0.1, -0.05) is 29.8 Å². The number of pyridine rings is 1. The molecule has 0 bridgehead atoms. The van der Waals surface area contributed by atoms with Gasteiger partial charge in [-0.3, -0.25) is 9.78 Å². The Morgan fingerprint density at radius 3 is 2.64 bits per heavy atom. The Hall–Kier alpha value is -4.29. The minimum atomic E-state index is -0.0999. The van der Waals surface area contributed by atoms with Crippen LogP contribution in [0.1, 0.15) is 12.5 Å². The van der Waals surface area contributed by atoms with E-state index in [4.69, 9.17) is 21.6 Å². The van der Waals surface area contributed by atoms with Crippen LogP contribution in [0, 0.1) is 0 Å². The number of anilines is 3. The van der Waals surface area contributed by atoms with E-state index in [0.717, 1.165) is 62.8 Å². The van der Waals surface area contributed by atoms with Crippen molar-refractivity contribution in [2.45, 2.75) is 13.3 Å². The Morgan fingerprint density at radius 1 is 0.944 bits per heavy atom. The van der Waals surface area contributed by atoms with Gasteiger partial charge in [-0.15, -0.1) is 0 Å². The molecule has 1 N–H and O–H groups in total. The number of nitrogens with zero attached hydrogens (tertiary/aromatic N) is 4. The molecular weight excluding hydrogens is 470 g/mol. The SMILES string of the molecule is CC(=O)Nc1cccc(-c2ccc3nc(-c4cccnc4)nc(N4CCc5cc(Cl)ccc54)c3c2)c1. The third-order valence-corrected chi connectivity index (χ3v) is 6.54. The summed E-state index contributed by atoms with van der Waals surface area (Å²) in [6.07, 6.45) is 4.42. The molecule has 1 aliphatic heterocycles. The second kappa shape index (κ2) is 9.06. The Bertz CT molecular complexity index is 1620. The minimum Gasteiger partial charge on any atom is -0.326 e. The summed E-state index contributed by atoms with van der Waals surface area (Å²) in [4.78, 5) is 28.0. The second-order valence-electron chi connectivity index (χ2n) is 8.78. The normalized spacial score (nSPS) is 12.6. The number of rotatable bonds is 4. The lowest BCUT2D eigenvalue weighted by Crippen LogP contribution is -2.16. The lowest BCUT2D eigenvalue weighted by molar-refractivity contribution is -0.114. The quantitative estimate of drug-likeness (QED) is 0.304. The number of aromatic nitrogens is 3. The maximum atomic E-state index is 11.6. The highest BCUT2D eigenvalue weighted by atomic mass is 35.5. The van der Waals surface area contributed by atoms with Gasteiger partial charge in [0.25, 0.3) is 0 Å². The smallest absolute Gasteiger partial charge is 0.221 e. The van der Waals surface area contributed by atoms with Gasteiger partial charge in [0.05, 0.1) is 5.52 Å². The maximum Gasteiger partial charge on any atom is 0.221 e. The van der Waals surface area contributed by atoms with Gasteiger partial charge in [0.1, 0.15) is 5.82 Å². The van der Waals surface area contributed by atoms with Crippen molar-refractivity contribution in [3.63, 3.8) is 0 Å². The molecule has 5 aromatic rings. The van der Waals surface area contributed by atoms with Crippen LogP contribution in [-0.2, 0) is 11.2 Å². The van der Waals surface area contributed by atoms with Gasteiger partial charge >= 0.3 is 0 Å². The molecule has 0 fully saturated rings. The average Bonchev–Trinajstić information content (AvgIpc) is 3.31. The fraction of sp³-hybridized carbons (Fsp3) is 0.103. The molecule has 176 valence electrons. The van der Waals surface area contributed by atoms with Crippen molar-refractivity contribution in [2.75, 3.05) is 16.8 Å². The van der Waals surface area contributed by atoms with Crippen molar-refractivity contribution < 1.29 is 4.79 Å². The third kappa shape index (κ3) is 4.16. The highest BCUT2D eigenvalue weighted by Gasteiger charge is 2.25. The summed E-state index contributed by atoms with van der Waals surface area (Å²) in [7, 11) is 0. The van der Waals surface area contributed by atoms with E-state index in [1.807, 2.05) is 54.6 Å². The van der Waals surface area contributed by atoms with Crippen molar-refractivity contribution >= 4 is 45.6 Å². The van der Waals surface area contributed by atoms with E-state index < -0.39 is 0 Å². The first-order valence-corrected chi connectivity index (χ1v) is 12.1. The van der Waals surface area contributed by atoms with Crippen LogP contribution in [0.25, 0.3) is 33.4 Å². The molecule has 0 unspecified atom stereocenters. The van der Waals surface area contributed by atoms with E-state index in [1.54, 1.807) is 12.4 Å². The van der Waals surface area contributed by atoms with Crippen LogP contribution in [0.3, 0.4) is 0 Å². The maximum absolute atomic E-state index is 11.6. The summed E-state index contributed by atoms with van der Waals surface area (Å²) in [6.45, 7) is 2.31. The van der Waals surface area contributed by atoms with Crippen molar-refractivity contribution in [1.29, 1.82) is 0 Å². The number of nitrogens with one attached hydrogen (secondary N) is 1. The number of amides is 1. The van der Waals surface area contributed by atoms with Gasteiger partial charge in [-0.25, -0.2) is 9.97 Å². The number of carbonyl (C=O) groups is 1. The number of hydrogen-bond donors (Lipinski definition) is 1. The summed E-state index contributed by atoms with van der Waals surface area (Å²) in [5.41, 5.74) is 6.80. The zero-order valence-corrected chi connectivity index (χ0v) is 20.3. The first kappa shape index (κ1) is 22.2. The molecule has 0 spiro atoms. The van der Waals surface area contributed by atoms with Crippen molar-refractivity contribution in [3.8, 4) is 22.5 Å². The predicted molar refractivity (Wildman–Crippen MR) is 145 cm³/mol. The van der Waals surface area contributed by atoms with Crippen LogP contribution in [0.4, 0.5) is 17.2 Å². The molecule has 0 aliphatic carbocycles. The standard InChI is InChI=1S/C29H22ClN5O/c1-18(36)32-24-6-2-4-19(15-24)20-7-9-26-25(16-20)29(34-28(33-26)22-5-3-12-31-17-22)35-13-11-21-14-23(30)8-10-27(21)35/h2-10,12,14-17H,11,13H2,1H3,(H,32,36). The van der Waals surface area contributed by atoms with Gasteiger partial charge in [0, 0.05) is 53.2 Å². The highest BCUT2D eigenvalue weighted by molar-refractivity contribution is 6.30. The predicted octanol–water partition coefficient (Wildman–Crippen LogP) is 6.66. The molecule has 1 amide bonds. The number of carbonyl (C=O) groups excluding carboxylic acids is 1. The van der Waals surface area contributed by atoms with E-state index in [2.05, 4.69) is 33.4 Å². The van der Waals surface area contributed by atoms with E-state index in [0.29, 0.717) is 5.82 Å². The zero-order chi connectivity index (χ0) is 24.6. The van der Waals surface area contributed by atoms with Crippen LogP contribution in [-0.4, -0.2) is 27.4 Å². The van der Waals surface area contributed by atoms with Crippen molar-refractivity contribution in [3.05, 3.63) is 95.8 Å². The molecule has 6 rings (SSSR count). The fourth-order valence-corrected chi connectivity index (χ4v) is 4.89. The summed E-state index contributed by atoms with van der Waals surface area (Å²) in [5, 5.41) is 4.55. The first-order valence-electron chi connectivity index (χ1n) is 11.7. The first-order chi connectivity index (χ1) is 17.5. The van der Waals surface area contributed by atoms with Gasteiger partial charge in [-0.05, 0) is 77.7 Å². The summed E-state index contributed by atoms with van der Waals surface area (Å²) >= 11 is 6.27. The molecular formula is C29H22ClN5O.